The lowest BCUT2D eigenvalue weighted by Crippen LogP contribution is -2.35. The van der Waals surface area contributed by atoms with E-state index in [0.29, 0.717) is 17.4 Å². The van der Waals surface area contributed by atoms with Crippen LogP contribution in [-0.4, -0.2) is 6.04 Å². The summed E-state index contributed by atoms with van der Waals surface area (Å²) >= 11 is 0. The number of halogens is 1. The maximum Gasteiger partial charge on any atom is 0.169 e. The van der Waals surface area contributed by atoms with E-state index in [1.807, 2.05) is 12.1 Å². The minimum atomic E-state index is -0.293. The molecule has 108 valence electrons. The van der Waals surface area contributed by atoms with E-state index in [1.54, 1.807) is 6.07 Å². The lowest BCUT2D eigenvalue weighted by Gasteiger charge is -2.35. The Hall–Kier alpha value is -1.35. The third kappa shape index (κ3) is 2.35. The van der Waals surface area contributed by atoms with Crippen molar-refractivity contribution in [1.82, 2.24) is 0 Å². The molecule has 1 aliphatic carbocycles. The molecular formula is C17H22FNO. The highest BCUT2D eigenvalue weighted by Crippen LogP contribution is 2.40. The molecule has 2 nitrogen and oxygen atoms in total. The Morgan fingerprint density at radius 3 is 2.80 bits per heavy atom. The van der Waals surface area contributed by atoms with Crippen molar-refractivity contribution in [2.45, 2.75) is 45.1 Å². The zero-order valence-corrected chi connectivity index (χ0v) is 12.1. The molecule has 3 rings (SSSR count). The monoisotopic (exact) mass is 275 g/mol. The third-order valence-electron chi connectivity index (χ3n) is 4.77. The van der Waals surface area contributed by atoms with Gasteiger partial charge in [0, 0.05) is 17.3 Å². The first-order valence-corrected chi connectivity index (χ1v) is 7.49. The minimum Gasteiger partial charge on any atom is -0.458 e. The van der Waals surface area contributed by atoms with E-state index in [4.69, 9.17) is 10.2 Å². The van der Waals surface area contributed by atoms with Crippen LogP contribution in [0, 0.1) is 17.7 Å². The quantitative estimate of drug-likeness (QED) is 0.880. The Bertz CT molecular complexity index is 604. The maximum absolute atomic E-state index is 13.7. The number of hydrogen-bond donors (Lipinski definition) is 1. The minimum absolute atomic E-state index is 0.119. The van der Waals surface area contributed by atoms with Crippen molar-refractivity contribution in [1.29, 1.82) is 0 Å². The van der Waals surface area contributed by atoms with Crippen LogP contribution in [0.3, 0.4) is 0 Å². The molecule has 1 aromatic heterocycles. The summed E-state index contributed by atoms with van der Waals surface area (Å²) in [5.74, 6) is 2.11. The number of nitrogens with two attached hydrogens (primary N) is 1. The molecule has 0 amide bonds. The van der Waals surface area contributed by atoms with E-state index in [1.165, 1.54) is 12.5 Å². The highest BCUT2D eigenvalue weighted by Gasteiger charge is 2.32. The number of hydrogen-bond acceptors (Lipinski definition) is 2. The Labute approximate surface area is 119 Å². The van der Waals surface area contributed by atoms with E-state index in [9.17, 15) is 4.39 Å². The van der Waals surface area contributed by atoms with Crippen molar-refractivity contribution < 1.29 is 8.81 Å². The molecule has 3 heteroatoms. The van der Waals surface area contributed by atoms with Crippen LogP contribution < -0.4 is 5.73 Å². The second-order valence-corrected chi connectivity index (χ2v) is 6.39. The largest absolute Gasteiger partial charge is 0.458 e. The highest BCUT2D eigenvalue weighted by atomic mass is 19.1. The van der Waals surface area contributed by atoms with E-state index in [-0.39, 0.29) is 17.8 Å². The van der Waals surface area contributed by atoms with Crippen LogP contribution >= 0.6 is 0 Å². The SMILES string of the molecule is CC(C)C1CCC(N)C(c2cc3cccc(F)c3o2)C1. The first-order chi connectivity index (χ1) is 9.56. The summed E-state index contributed by atoms with van der Waals surface area (Å²) in [6.07, 6.45) is 3.25. The van der Waals surface area contributed by atoms with Crippen LogP contribution in [0.1, 0.15) is 44.8 Å². The first kappa shape index (κ1) is 13.6. The predicted molar refractivity (Wildman–Crippen MR) is 79.1 cm³/mol. The molecule has 1 aliphatic rings. The second-order valence-electron chi connectivity index (χ2n) is 6.39. The second kappa shape index (κ2) is 5.21. The molecule has 1 fully saturated rings. The van der Waals surface area contributed by atoms with Gasteiger partial charge in [0.05, 0.1) is 0 Å². The average molecular weight is 275 g/mol. The average Bonchev–Trinajstić information content (AvgIpc) is 2.84. The Kier molecular flexibility index (Phi) is 3.55. The number of furan rings is 1. The smallest absolute Gasteiger partial charge is 0.169 e. The fourth-order valence-electron chi connectivity index (χ4n) is 3.39. The highest BCUT2D eigenvalue weighted by molar-refractivity contribution is 5.78. The fourth-order valence-corrected chi connectivity index (χ4v) is 3.39. The van der Waals surface area contributed by atoms with Crippen molar-refractivity contribution >= 4 is 11.0 Å². The van der Waals surface area contributed by atoms with Crippen LogP contribution in [0.25, 0.3) is 11.0 Å². The van der Waals surface area contributed by atoms with Gasteiger partial charge >= 0.3 is 0 Å². The van der Waals surface area contributed by atoms with Crippen LogP contribution in [0.15, 0.2) is 28.7 Å². The van der Waals surface area contributed by atoms with Gasteiger partial charge in [-0.25, -0.2) is 4.39 Å². The molecule has 1 aromatic carbocycles. The Morgan fingerprint density at radius 1 is 1.30 bits per heavy atom. The molecule has 2 N–H and O–H groups in total. The molecule has 1 saturated carbocycles. The maximum atomic E-state index is 13.7. The molecule has 0 aliphatic heterocycles. The Balaban J connectivity index is 1.94. The summed E-state index contributed by atoms with van der Waals surface area (Å²) in [6.45, 7) is 4.52. The topological polar surface area (TPSA) is 39.2 Å². The van der Waals surface area contributed by atoms with Crippen molar-refractivity contribution in [2.24, 2.45) is 17.6 Å². The molecule has 2 aromatic rings. The number of rotatable bonds is 2. The molecule has 3 unspecified atom stereocenters. The molecule has 20 heavy (non-hydrogen) atoms. The summed E-state index contributed by atoms with van der Waals surface area (Å²) in [7, 11) is 0. The molecule has 0 spiro atoms. The number of fused-ring (bicyclic) bond motifs is 1. The van der Waals surface area contributed by atoms with Gasteiger partial charge in [0.25, 0.3) is 0 Å². The molecule has 0 radical (unpaired) electrons. The summed E-state index contributed by atoms with van der Waals surface area (Å²) in [5, 5.41) is 0.832. The lowest BCUT2D eigenvalue weighted by atomic mass is 9.73. The van der Waals surface area contributed by atoms with E-state index < -0.39 is 0 Å². The number of benzene rings is 1. The number of para-hydroxylation sites is 1. The van der Waals surface area contributed by atoms with Gasteiger partial charge in [0.1, 0.15) is 5.76 Å². The van der Waals surface area contributed by atoms with Crippen LogP contribution in [0.5, 0.6) is 0 Å². The van der Waals surface area contributed by atoms with Crippen LogP contribution in [0.4, 0.5) is 4.39 Å². The summed E-state index contributed by atoms with van der Waals surface area (Å²) in [4.78, 5) is 0. The van der Waals surface area contributed by atoms with Gasteiger partial charge in [-0.3, -0.25) is 0 Å². The van der Waals surface area contributed by atoms with Gasteiger partial charge in [-0.15, -0.1) is 0 Å². The fraction of sp³-hybridized carbons (Fsp3) is 0.529. The van der Waals surface area contributed by atoms with Gasteiger partial charge in [0.15, 0.2) is 11.4 Å². The Morgan fingerprint density at radius 2 is 2.10 bits per heavy atom. The molecule has 0 bridgehead atoms. The normalized spacial score (nSPS) is 27.4. The summed E-state index contributed by atoms with van der Waals surface area (Å²) < 4.78 is 19.5. The molecule has 0 saturated heterocycles. The zero-order valence-electron chi connectivity index (χ0n) is 12.1. The molecule has 1 heterocycles. The summed E-state index contributed by atoms with van der Waals surface area (Å²) in [5.41, 5.74) is 6.64. The first-order valence-electron chi connectivity index (χ1n) is 7.49. The van der Waals surface area contributed by atoms with Crippen molar-refractivity contribution in [2.75, 3.05) is 0 Å². The van der Waals surface area contributed by atoms with E-state index in [2.05, 4.69) is 13.8 Å². The van der Waals surface area contributed by atoms with Gasteiger partial charge in [-0.05, 0) is 43.2 Å². The van der Waals surface area contributed by atoms with Crippen LogP contribution in [-0.2, 0) is 0 Å². The van der Waals surface area contributed by atoms with Crippen molar-refractivity contribution in [3.63, 3.8) is 0 Å². The van der Waals surface area contributed by atoms with Crippen molar-refractivity contribution in [3.8, 4) is 0 Å². The van der Waals surface area contributed by atoms with Crippen molar-refractivity contribution in [3.05, 3.63) is 35.8 Å². The van der Waals surface area contributed by atoms with Gasteiger partial charge in [0.2, 0.25) is 0 Å². The zero-order chi connectivity index (χ0) is 14.3. The van der Waals surface area contributed by atoms with E-state index >= 15 is 0 Å². The van der Waals surface area contributed by atoms with Gasteiger partial charge < -0.3 is 10.2 Å². The van der Waals surface area contributed by atoms with E-state index in [0.717, 1.165) is 24.0 Å². The predicted octanol–water partition coefficient (Wildman–Crippen LogP) is 4.44. The molecular weight excluding hydrogens is 253 g/mol. The summed E-state index contributed by atoms with van der Waals surface area (Å²) in [6, 6.07) is 7.13. The van der Waals surface area contributed by atoms with Gasteiger partial charge in [-0.2, -0.15) is 0 Å². The lowest BCUT2D eigenvalue weighted by molar-refractivity contribution is 0.218. The third-order valence-corrected chi connectivity index (χ3v) is 4.77. The van der Waals surface area contributed by atoms with Gasteiger partial charge in [-0.1, -0.05) is 26.0 Å². The molecule has 3 atom stereocenters. The van der Waals surface area contributed by atoms with Crippen LogP contribution in [0.2, 0.25) is 0 Å². The standard InChI is InChI=1S/C17H22FNO/c1-10(2)11-6-7-15(19)13(8-11)16-9-12-4-3-5-14(18)17(12)20-16/h3-5,9-11,13,15H,6-8,19H2,1-2H3.